The first-order valence-corrected chi connectivity index (χ1v) is 15.9. The van der Waals surface area contributed by atoms with E-state index in [-0.39, 0.29) is 11.6 Å². The summed E-state index contributed by atoms with van der Waals surface area (Å²) in [5, 5.41) is 8.67. The van der Waals surface area contributed by atoms with Gasteiger partial charge in [-0.15, -0.1) is 11.8 Å². The van der Waals surface area contributed by atoms with Crippen LogP contribution < -0.4 is 20.7 Å². The van der Waals surface area contributed by atoms with Gasteiger partial charge in [-0.25, -0.2) is 0 Å². The van der Waals surface area contributed by atoms with Crippen molar-refractivity contribution in [2.24, 2.45) is 0 Å². The van der Waals surface area contributed by atoms with Crippen molar-refractivity contribution < 1.29 is 23.5 Å². The topological polar surface area (TPSA) is 110 Å². The highest BCUT2D eigenvalue weighted by Gasteiger charge is 2.19. The highest BCUT2D eigenvalue weighted by Crippen LogP contribution is 2.32. The largest absolute Gasteiger partial charge is 0.496 e. The van der Waals surface area contributed by atoms with Crippen LogP contribution in [0.2, 0.25) is 5.02 Å². The number of para-hydroxylation sites is 1. The molecule has 0 bridgehead atoms. The summed E-state index contributed by atoms with van der Waals surface area (Å²) in [6.45, 7) is 3.67. The quantitative estimate of drug-likeness (QED) is 0.0965. The van der Waals surface area contributed by atoms with Crippen LogP contribution in [-0.4, -0.2) is 30.1 Å². The van der Waals surface area contributed by atoms with Crippen LogP contribution in [0.5, 0.6) is 5.75 Å². The van der Waals surface area contributed by atoms with Gasteiger partial charge in [-0.3, -0.25) is 14.4 Å². The number of benzene rings is 4. The zero-order valence-corrected chi connectivity index (χ0v) is 27.4. The lowest BCUT2D eigenvalue weighted by Gasteiger charge is -2.15. The molecule has 10 heteroatoms. The molecular weight excluding hydrogens is 634 g/mol. The molecule has 238 valence electrons. The van der Waals surface area contributed by atoms with E-state index < -0.39 is 17.1 Å². The maximum atomic E-state index is 13.5. The number of furan rings is 1. The molecule has 0 aliphatic heterocycles. The number of carbonyl (C=O) groups excluding carboxylic acids is 3. The zero-order valence-electron chi connectivity index (χ0n) is 25.9. The number of ether oxygens (including phenoxy) is 1. The summed E-state index contributed by atoms with van der Waals surface area (Å²) >= 11 is 7.56. The van der Waals surface area contributed by atoms with E-state index in [4.69, 9.17) is 20.8 Å². The van der Waals surface area contributed by atoms with Crippen molar-refractivity contribution in [2.75, 3.05) is 17.7 Å². The molecule has 0 saturated carbocycles. The average molecular weight is 666 g/mol. The Morgan fingerprint density at radius 2 is 1.57 bits per heavy atom. The molecule has 3 N–H and O–H groups in total. The second-order valence-electron chi connectivity index (χ2n) is 10.4. The number of anilines is 2. The van der Waals surface area contributed by atoms with E-state index in [1.807, 2.05) is 56.3 Å². The Hall–Kier alpha value is -5.25. The minimum Gasteiger partial charge on any atom is -0.496 e. The maximum Gasteiger partial charge on any atom is 0.272 e. The second-order valence-corrected chi connectivity index (χ2v) is 12.2. The summed E-state index contributed by atoms with van der Waals surface area (Å²) in [6.07, 6.45) is 1.47. The predicted octanol–water partition coefficient (Wildman–Crippen LogP) is 8.45. The number of hydrogen-bond donors (Lipinski definition) is 3. The Bertz CT molecular complexity index is 1920. The number of halogens is 1. The predicted molar refractivity (Wildman–Crippen MR) is 188 cm³/mol. The van der Waals surface area contributed by atoms with Crippen LogP contribution in [0.4, 0.5) is 11.4 Å². The summed E-state index contributed by atoms with van der Waals surface area (Å²) in [6, 6.07) is 32.0. The van der Waals surface area contributed by atoms with Gasteiger partial charge in [0, 0.05) is 32.9 Å². The molecule has 3 amide bonds. The molecule has 0 unspecified atom stereocenters. The smallest absolute Gasteiger partial charge is 0.272 e. The van der Waals surface area contributed by atoms with E-state index in [2.05, 4.69) is 16.0 Å². The SMILES string of the molecule is COc1ccccc1-c1ccc(/C=C(\NC(=O)c2ccccc2)C(=O)Nc2ccc(S[C@H](C)C(=O)Nc3cccc(Cl)c3C)cc2)o1. The minimum absolute atomic E-state index is 0.0140. The molecule has 1 aromatic heterocycles. The Kier molecular flexibility index (Phi) is 10.8. The molecule has 0 radical (unpaired) electrons. The molecule has 0 aliphatic carbocycles. The second kappa shape index (κ2) is 15.4. The fourth-order valence-electron chi connectivity index (χ4n) is 4.56. The summed E-state index contributed by atoms with van der Waals surface area (Å²) in [5.74, 6) is 0.386. The summed E-state index contributed by atoms with van der Waals surface area (Å²) in [5.41, 5.74) is 3.10. The average Bonchev–Trinajstić information content (AvgIpc) is 3.56. The van der Waals surface area contributed by atoms with Gasteiger partial charge in [0.2, 0.25) is 5.91 Å². The van der Waals surface area contributed by atoms with Gasteiger partial charge in [0.05, 0.1) is 17.9 Å². The lowest BCUT2D eigenvalue weighted by molar-refractivity contribution is -0.115. The maximum absolute atomic E-state index is 13.5. The number of nitrogens with one attached hydrogen (secondary N) is 3. The first-order chi connectivity index (χ1) is 22.7. The Labute approximate surface area is 282 Å². The van der Waals surface area contributed by atoms with Crippen molar-refractivity contribution >= 4 is 58.5 Å². The van der Waals surface area contributed by atoms with Crippen LogP contribution in [-0.2, 0) is 9.59 Å². The number of carbonyl (C=O) groups is 3. The molecule has 5 rings (SSSR count). The van der Waals surface area contributed by atoms with Crippen LogP contribution in [0.15, 0.2) is 124 Å². The van der Waals surface area contributed by atoms with Gasteiger partial charge >= 0.3 is 0 Å². The lowest BCUT2D eigenvalue weighted by Crippen LogP contribution is -2.30. The first kappa shape index (κ1) is 33.1. The molecule has 8 nitrogen and oxygen atoms in total. The fourth-order valence-corrected chi connectivity index (χ4v) is 5.60. The Balaban J connectivity index is 1.30. The first-order valence-electron chi connectivity index (χ1n) is 14.7. The van der Waals surface area contributed by atoms with Gasteiger partial charge in [-0.2, -0.15) is 0 Å². The van der Waals surface area contributed by atoms with Crippen LogP contribution in [0.1, 0.15) is 28.6 Å². The highest BCUT2D eigenvalue weighted by atomic mass is 35.5. The van der Waals surface area contributed by atoms with E-state index in [1.165, 1.54) is 17.8 Å². The molecule has 0 saturated heterocycles. The fraction of sp³-hybridized carbons (Fsp3) is 0.108. The van der Waals surface area contributed by atoms with E-state index in [0.717, 1.165) is 16.0 Å². The summed E-state index contributed by atoms with van der Waals surface area (Å²) < 4.78 is 11.5. The van der Waals surface area contributed by atoms with Crippen molar-refractivity contribution in [2.45, 2.75) is 24.0 Å². The van der Waals surface area contributed by atoms with Gasteiger partial charge in [-0.05, 0) is 92.2 Å². The molecule has 1 heterocycles. The van der Waals surface area contributed by atoms with E-state index >= 15 is 0 Å². The van der Waals surface area contributed by atoms with Crippen LogP contribution in [0.25, 0.3) is 17.4 Å². The third-order valence-corrected chi connectivity index (χ3v) is 8.66. The summed E-state index contributed by atoms with van der Waals surface area (Å²) in [7, 11) is 1.58. The monoisotopic (exact) mass is 665 g/mol. The Morgan fingerprint density at radius 3 is 2.32 bits per heavy atom. The number of thioether (sulfide) groups is 1. The normalized spacial score (nSPS) is 11.8. The van der Waals surface area contributed by atoms with Crippen LogP contribution in [0.3, 0.4) is 0 Å². The van der Waals surface area contributed by atoms with Crippen LogP contribution in [0, 0.1) is 6.92 Å². The molecular formula is C37H32ClN3O5S. The molecule has 1 atom stereocenters. The van der Waals surface area contributed by atoms with E-state index in [0.29, 0.717) is 39.2 Å². The van der Waals surface area contributed by atoms with E-state index in [9.17, 15) is 14.4 Å². The zero-order chi connectivity index (χ0) is 33.3. The van der Waals surface area contributed by atoms with Crippen molar-refractivity contribution in [1.29, 1.82) is 0 Å². The van der Waals surface area contributed by atoms with Crippen molar-refractivity contribution in [1.82, 2.24) is 5.32 Å². The molecule has 0 spiro atoms. The molecule has 47 heavy (non-hydrogen) atoms. The van der Waals surface area contributed by atoms with Gasteiger partial charge in [0.15, 0.2) is 0 Å². The van der Waals surface area contributed by atoms with E-state index in [1.54, 1.807) is 73.8 Å². The molecule has 5 aromatic rings. The molecule has 4 aromatic carbocycles. The van der Waals surface area contributed by atoms with Gasteiger partial charge < -0.3 is 25.1 Å². The highest BCUT2D eigenvalue weighted by molar-refractivity contribution is 8.00. The van der Waals surface area contributed by atoms with Gasteiger partial charge in [0.25, 0.3) is 11.8 Å². The Morgan fingerprint density at radius 1 is 0.851 bits per heavy atom. The minimum atomic E-state index is -0.547. The van der Waals surface area contributed by atoms with Gasteiger partial charge in [0.1, 0.15) is 23.0 Å². The number of hydrogen-bond acceptors (Lipinski definition) is 6. The van der Waals surface area contributed by atoms with Crippen molar-refractivity contribution in [3.05, 3.63) is 137 Å². The number of methoxy groups -OCH3 is 1. The van der Waals surface area contributed by atoms with Gasteiger partial charge in [-0.1, -0.05) is 48.0 Å². The summed E-state index contributed by atoms with van der Waals surface area (Å²) in [4.78, 5) is 40.2. The molecule has 0 aliphatic rings. The van der Waals surface area contributed by atoms with Crippen molar-refractivity contribution in [3.8, 4) is 17.1 Å². The van der Waals surface area contributed by atoms with Crippen molar-refractivity contribution in [3.63, 3.8) is 0 Å². The number of amides is 3. The number of rotatable bonds is 11. The molecule has 0 fully saturated rings. The van der Waals surface area contributed by atoms with Crippen LogP contribution >= 0.6 is 23.4 Å². The lowest BCUT2D eigenvalue weighted by atomic mass is 10.1. The third kappa shape index (κ3) is 8.52. The standard InChI is InChI=1S/C37H32ClN3O5S/c1-23-30(38)13-9-14-31(23)40-35(42)24(2)47-28-19-16-26(17-20-28)39-37(44)32(41-36(43)25-10-5-4-6-11-25)22-27-18-21-34(46-27)29-12-7-8-15-33(29)45-3/h4-22,24H,1-3H3,(H,39,44)(H,40,42)(H,41,43)/b32-22-/t24-/m1/s1. The third-order valence-electron chi connectivity index (χ3n) is 7.13.